The Morgan fingerprint density at radius 3 is 2.64 bits per heavy atom. The minimum Gasteiger partial charge on any atom is -0.384 e. The first-order valence-corrected chi connectivity index (χ1v) is 14.7. The third-order valence-electron chi connectivity index (χ3n) is 7.90. The highest BCUT2D eigenvalue weighted by Crippen LogP contribution is 2.34. The maximum atomic E-state index is 16.2. The lowest BCUT2D eigenvalue weighted by Gasteiger charge is -2.14. The predicted octanol–water partition coefficient (Wildman–Crippen LogP) is 5.47. The monoisotopic (exact) mass is 594 g/mol. The molecule has 0 bridgehead atoms. The van der Waals surface area contributed by atoms with Crippen LogP contribution in [0.25, 0.3) is 56.0 Å². The van der Waals surface area contributed by atoms with Gasteiger partial charge in [0, 0.05) is 55.0 Å². The number of fused-ring (bicyclic) bond motifs is 2. The quantitative estimate of drug-likeness (QED) is 0.202. The highest BCUT2D eigenvalue weighted by atomic mass is 19.1. The Morgan fingerprint density at radius 1 is 0.932 bits per heavy atom. The zero-order chi connectivity index (χ0) is 30.2. The van der Waals surface area contributed by atoms with Crippen LogP contribution < -0.4 is 5.32 Å². The molecular weight excluding hydrogens is 562 g/mol. The highest BCUT2D eigenvalue weighted by Gasteiger charge is 2.22. The average Bonchev–Trinajstić information content (AvgIpc) is 3.77. The fourth-order valence-electron chi connectivity index (χ4n) is 5.76. The number of imidazole rings is 1. The highest BCUT2D eigenvalue weighted by molar-refractivity contribution is 5.97. The summed E-state index contributed by atoms with van der Waals surface area (Å²) in [4.78, 5) is 25.8. The number of likely N-dealkylation sites (tertiary alicyclic amines) is 1. The van der Waals surface area contributed by atoms with Gasteiger partial charge in [-0.2, -0.15) is 5.10 Å². The topological polar surface area (TPSA) is 115 Å². The van der Waals surface area contributed by atoms with Gasteiger partial charge in [0.2, 0.25) is 0 Å². The van der Waals surface area contributed by atoms with Gasteiger partial charge in [-0.3, -0.25) is 25.0 Å². The normalized spacial score (nSPS) is 13.9. The number of hydrogen-bond donors (Lipinski definition) is 3. The van der Waals surface area contributed by atoms with Gasteiger partial charge in [0.05, 0.1) is 28.3 Å². The van der Waals surface area contributed by atoms with Crippen molar-refractivity contribution in [1.29, 1.82) is 0 Å². The van der Waals surface area contributed by atoms with Crippen LogP contribution in [-0.2, 0) is 6.54 Å². The van der Waals surface area contributed by atoms with Gasteiger partial charge in [-0.05, 0) is 75.9 Å². The summed E-state index contributed by atoms with van der Waals surface area (Å²) >= 11 is 0. The first kappa shape index (κ1) is 28.0. The van der Waals surface area contributed by atoms with E-state index in [-0.39, 0.29) is 16.9 Å². The summed E-state index contributed by atoms with van der Waals surface area (Å²) in [6.45, 7) is 4.35. The number of pyridine rings is 3. The third-order valence-corrected chi connectivity index (χ3v) is 7.90. The molecule has 1 aromatic carbocycles. The Balaban J connectivity index is 1.25. The van der Waals surface area contributed by atoms with Gasteiger partial charge in [-0.15, -0.1) is 0 Å². The molecule has 1 fully saturated rings. The van der Waals surface area contributed by atoms with E-state index < -0.39 is 5.82 Å². The van der Waals surface area contributed by atoms with Crippen molar-refractivity contribution >= 4 is 27.6 Å². The van der Waals surface area contributed by atoms with Gasteiger partial charge in [0.15, 0.2) is 11.6 Å². The van der Waals surface area contributed by atoms with E-state index in [2.05, 4.69) is 40.3 Å². The Hall–Kier alpha value is -4.81. The molecule has 12 heteroatoms. The predicted molar refractivity (Wildman–Crippen MR) is 167 cm³/mol. The molecule has 6 heterocycles. The molecule has 0 aliphatic carbocycles. The summed E-state index contributed by atoms with van der Waals surface area (Å²) in [6.07, 6.45) is 9.05. The fourth-order valence-corrected chi connectivity index (χ4v) is 5.76. The van der Waals surface area contributed by atoms with E-state index in [1.165, 1.54) is 25.0 Å². The molecule has 0 saturated carbocycles. The smallest absolute Gasteiger partial charge is 0.161 e. The molecule has 1 aliphatic rings. The minimum absolute atomic E-state index is 0.198. The van der Waals surface area contributed by atoms with Gasteiger partial charge in [-0.25, -0.2) is 13.8 Å². The van der Waals surface area contributed by atoms with E-state index in [0.29, 0.717) is 57.1 Å². The van der Waals surface area contributed by atoms with Gasteiger partial charge in [-0.1, -0.05) is 0 Å². The number of hydrogen-bond acceptors (Lipinski definition) is 8. The summed E-state index contributed by atoms with van der Waals surface area (Å²) < 4.78 is 30.9. The standard InChI is InChI=1S/C32H32F2N10/c1-43(2)10-7-36-23-13-20(12-22(33)14-23)29-30-24(5-6-37-29)39-32(40-30)31-26-25(41-42-31)17-38-28(27(26)34)21-11-19(15-35-16-21)18-44-8-3-4-9-44/h5-6,11-17,36H,3-4,7-10,18H2,1-2H3,(H,39,40)(H,41,42). The lowest BCUT2D eigenvalue weighted by atomic mass is 10.1. The van der Waals surface area contributed by atoms with Crippen LogP contribution in [0.3, 0.4) is 0 Å². The second-order valence-electron chi connectivity index (χ2n) is 11.4. The van der Waals surface area contributed by atoms with E-state index in [0.717, 1.165) is 31.7 Å². The molecule has 6 aromatic rings. The number of H-pyrrole nitrogens is 2. The fraction of sp³-hybridized carbons (Fsp3) is 0.281. The van der Waals surface area contributed by atoms with Crippen LogP contribution in [0.5, 0.6) is 0 Å². The van der Waals surface area contributed by atoms with E-state index in [4.69, 9.17) is 4.98 Å². The van der Waals surface area contributed by atoms with Crippen LogP contribution in [0.15, 0.2) is 55.1 Å². The van der Waals surface area contributed by atoms with E-state index in [9.17, 15) is 4.39 Å². The SMILES string of the molecule is CN(C)CCNc1cc(F)cc(-c2nccc3[nH]c(-c4n[nH]c5cnc(-c6cncc(CN7CCCC7)c6)c(F)c45)nc23)c1. The van der Waals surface area contributed by atoms with Gasteiger partial charge in [0.1, 0.15) is 22.7 Å². The third kappa shape index (κ3) is 5.49. The number of aromatic amines is 2. The van der Waals surface area contributed by atoms with Crippen LogP contribution >= 0.6 is 0 Å². The lowest BCUT2D eigenvalue weighted by molar-refractivity contribution is 0.331. The van der Waals surface area contributed by atoms with Gasteiger partial charge >= 0.3 is 0 Å². The number of halogens is 2. The van der Waals surface area contributed by atoms with Crippen molar-refractivity contribution < 1.29 is 8.78 Å². The lowest BCUT2D eigenvalue weighted by Crippen LogP contribution is -2.20. The molecule has 7 rings (SSSR count). The van der Waals surface area contributed by atoms with Crippen molar-refractivity contribution in [3.8, 4) is 34.0 Å². The second-order valence-corrected chi connectivity index (χ2v) is 11.4. The number of likely N-dealkylation sites (N-methyl/N-ethyl adjacent to an activating group) is 1. The zero-order valence-electron chi connectivity index (χ0n) is 24.5. The molecule has 44 heavy (non-hydrogen) atoms. The van der Waals surface area contributed by atoms with Crippen LogP contribution in [0.2, 0.25) is 0 Å². The largest absolute Gasteiger partial charge is 0.384 e. The number of rotatable bonds is 9. The number of nitrogens with zero attached hydrogens (tertiary/aromatic N) is 7. The average molecular weight is 595 g/mol. The molecule has 1 aliphatic heterocycles. The van der Waals surface area contributed by atoms with Crippen molar-refractivity contribution in [3.63, 3.8) is 0 Å². The molecule has 0 spiro atoms. The molecule has 0 atom stereocenters. The Bertz CT molecular complexity index is 1960. The zero-order valence-corrected chi connectivity index (χ0v) is 24.5. The molecule has 0 unspecified atom stereocenters. The van der Waals surface area contributed by atoms with Crippen LogP contribution in [0.4, 0.5) is 14.5 Å². The summed E-state index contributed by atoms with van der Waals surface area (Å²) in [7, 11) is 3.96. The maximum absolute atomic E-state index is 16.2. The first-order chi connectivity index (χ1) is 21.4. The molecule has 5 aromatic heterocycles. The van der Waals surface area contributed by atoms with Crippen LogP contribution in [0, 0.1) is 11.6 Å². The van der Waals surface area contributed by atoms with Gasteiger partial charge in [0.25, 0.3) is 0 Å². The summed E-state index contributed by atoms with van der Waals surface area (Å²) in [6, 6.07) is 8.46. The summed E-state index contributed by atoms with van der Waals surface area (Å²) in [5.74, 6) is -0.536. The summed E-state index contributed by atoms with van der Waals surface area (Å²) in [5, 5.41) is 10.8. The van der Waals surface area contributed by atoms with Crippen molar-refractivity contribution in [1.82, 2.24) is 44.9 Å². The van der Waals surface area contributed by atoms with Crippen LogP contribution in [-0.4, -0.2) is 85.2 Å². The summed E-state index contributed by atoms with van der Waals surface area (Å²) in [5.41, 5.74) is 5.50. The molecular formula is C32H32F2N10. The first-order valence-electron chi connectivity index (χ1n) is 14.7. The van der Waals surface area contributed by atoms with E-state index in [1.807, 2.05) is 37.3 Å². The van der Waals surface area contributed by atoms with Crippen LogP contribution in [0.1, 0.15) is 18.4 Å². The maximum Gasteiger partial charge on any atom is 0.161 e. The molecule has 224 valence electrons. The number of nitrogens with one attached hydrogen (secondary N) is 3. The Morgan fingerprint density at radius 2 is 1.80 bits per heavy atom. The van der Waals surface area contributed by atoms with E-state index >= 15 is 4.39 Å². The molecule has 0 radical (unpaired) electrons. The minimum atomic E-state index is -0.510. The molecule has 1 saturated heterocycles. The number of anilines is 1. The van der Waals surface area contributed by atoms with E-state index in [1.54, 1.807) is 24.7 Å². The molecule has 3 N–H and O–H groups in total. The Kier molecular flexibility index (Phi) is 7.44. The number of aromatic nitrogens is 7. The number of benzene rings is 1. The Labute approximate surface area is 252 Å². The van der Waals surface area contributed by atoms with Gasteiger partial charge < -0.3 is 15.2 Å². The van der Waals surface area contributed by atoms with Crippen molar-refractivity contribution in [2.45, 2.75) is 19.4 Å². The van der Waals surface area contributed by atoms with Crippen molar-refractivity contribution in [3.05, 3.63) is 72.3 Å². The second kappa shape index (κ2) is 11.7. The van der Waals surface area contributed by atoms with Crippen molar-refractivity contribution in [2.75, 3.05) is 45.6 Å². The van der Waals surface area contributed by atoms with Crippen molar-refractivity contribution in [2.24, 2.45) is 0 Å². The molecule has 0 amide bonds. The molecule has 10 nitrogen and oxygen atoms in total.